The molecular formula is C16H27ClN2O3S. The van der Waals surface area contributed by atoms with Crippen LogP contribution in [0.15, 0.2) is 23.1 Å². The van der Waals surface area contributed by atoms with Crippen molar-refractivity contribution in [3.8, 4) is 5.75 Å². The number of ether oxygens (including phenoxy) is 1. The Hall–Kier alpha value is -0.820. The molecule has 0 aliphatic carbocycles. The fourth-order valence-electron chi connectivity index (χ4n) is 2.63. The maximum Gasteiger partial charge on any atom is 0.240 e. The third-order valence-electron chi connectivity index (χ3n) is 3.91. The van der Waals surface area contributed by atoms with Gasteiger partial charge in [0.2, 0.25) is 10.0 Å². The Labute approximate surface area is 145 Å². The second-order valence-electron chi connectivity index (χ2n) is 6.29. The molecule has 1 aliphatic rings. The van der Waals surface area contributed by atoms with Crippen LogP contribution in [0.2, 0.25) is 0 Å². The van der Waals surface area contributed by atoms with E-state index in [1.165, 1.54) is 0 Å². The average Bonchev–Trinajstić information content (AvgIpc) is 2.43. The van der Waals surface area contributed by atoms with E-state index >= 15 is 0 Å². The van der Waals surface area contributed by atoms with Gasteiger partial charge in [-0.1, -0.05) is 6.92 Å². The van der Waals surface area contributed by atoms with Crippen molar-refractivity contribution in [2.24, 2.45) is 5.92 Å². The van der Waals surface area contributed by atoms with Crippen molar-refractivity contribution in [2.75, 3.05) is 13.1 Å². The molecule has 2 N–H and O–H groups in total. The second-order valence-corrected chi connectivity index (χ2v) is 8.01. The molecule has 1 aromatic carbocycles. The number of benzene rings is 1. The van der Waals surface area contributed by atoms with Crippen LogP contribution in [0.25, 0.3) is 0 Å². The van der Waals surface area contributed by atoms with Crippen molar-refractivity contribution in [3.05, 3.63) is 23.8 Å². The van der Waals surface area contributed by atoms with Crippen LogP contribution in [0.1, 0.15) is 32.8 Å². The minimum Gasteiger partial charge on any atom is -0.491 e. The van der Waals surface area contributed by atoms with Crippen molar-refractivity contribution in [2.45, 2.75) is 51.2 Å². The first kappa shape index (κ1) is 20.2. The number of hydrogen-bond acceptors (Lipinski definition) is 4. The topological polar surface area (TPSA) is 67.4 Å². The van der Waals surface area contributed by atoms with E-state index in [1.807, 2.05) is 20.8 Å². The molecule has 1 heterocycles. The summed E-state index contributed by atoms with van der Waals surface area (Å²) in [5.41, 5.74) is 0.829. The molecule has 1 aliphatic heterocycles. The quantitative estimate of drug-likeness (QED) is 0.844. The van der Waals surface area contributed by atoms with E-state index in [-0.39, 0.29) is 30.5 Å². The highest BCUT2D eigenvalue weighted by Crippen LogP contribution is 2.23. The van der Waals surface area contributed by atoms with E-state index in [2.05, 4.69) is 17.0 Å². The van der Waals surface area contributed by atoms with E-state index in [9.17, 15) is 8.42 Å². The summed E-state index contributed by atoms with van der Waals surface area (Å²) >= 11 is 0. The molecule has 0 bridgehead atoms. The maximum absolute atomic E-state index is 12.6. The van der Waals surface area contributed by atoms with Crippen LogP contribution in [0.3, 0.4) is 0 Å². The van der Waals surface area contributed by atoms with E-state index in [1.54, 1.807) is 18.2 Å². The number of piperidine rings is 1. The molecule has 1 saturated heterocycles. The Kier molecular flexibility index (Phi) is 7.32. The van der Waals surface area contributed by atoms with Gasteiger partial charge >= 0.3 is 0 Å². The van der Waals surface area contributed by atoms with Crippen LogP contribution in [0.4, 0.5) is 0 Å². The van der Waals surface area contributed by atoms with Crippen molar-refractivity contribution >= 4 is 22.4 Å². The van der Waals surface area contributed by atoms with Crippen LogP contribution >= 0.6 is 12.4 Å². The Morgan fingerprint density at radius 1 is 1.35 bits per heavy atom. The zero-order valence-corrected chi connectivity index (χ0v) is 15.8. The van der Waals surface area contributed by atoms with E-state index in [0.717, 1.165) is 30.8 Å². The minimum atomic E-state index is -3.49. The molecule has 2 unspecified atom stereocenters. The van der Waals surface area contributed by atoms with Gasteiger partial charge in [-0.05, 0) is 70.0 Å². The lowest BCUT2D eigenvalue weighted by Crippen LogP contribution is -2.48. The molecule has 2 atom stereocenters. The predicted octanol–water partition coefficient (Wildman–Crippen LogP) is 2.48. The maximum atomic E-state index is 12.6. The summed E-state index contributed by atoms with van der Waals surface area (Å²) in [6.45, 7) is 9.51. The van der Waals surface area contributed by atoms with Gasteiger partial charge in [0.05, 0.1) is 11.0 Å². The number of hydrogen-bond donors (Lipinski definition) is 2. The Bertz CT molecular complexity index is 620. The largest absolute Gasteiger partial charge is 0.491 e. The summed E-state index contributed by atoms with van der Waals surface area (Å²) in [5, 5.41) is 3.27. The molecule has 1 aromatic rings. The zero-order chi connectivity index (χ0) is 16.3. The molecule has 2 rings (SSSR count). The van der Waals surface area contributed by atoms with E-state index in [0.29, 0.717) is 4.90 Å². The minimum absolute atomic E-state index is 0. The third kappa shape index (κ3) is 5.35. The van der Waals surface area contributed by atoms with Crippen molar-refractivity contribution < 1.29 is 13.2 Å². The summed E-state index contributed by atoms with van der Waals surface area (Å²) in [4.78, 5) is 0.298. The smallest absolute Gasteiger partial charge is 0.240 e. The predicted molar refractivity (Wildman–Crippen MR) is 95.0 cm³/mol. The summed E-state index contributed by atoms with van der Waals surface area (Å²) in [5.74, 6) is 1.01. The Morgan fingerprint density at radius 3 is 2.61 bits per heavy atom. The summed E-state index contributed by atoms with van der Waals surface area (Å²) in [6, 6.07) is 5.00. The first-order valence-electron chi connectivity index (χ1n) is 7.80. The lowest BCUT2D eigenvalue weighted by molar-refractivity contribution is 0.240. The van der Waals surface area contributed by atoms with Gasteiger partial charge in [-0.25, -0.2) is 13.1 Å². The number of rotatable bonds is 5. The third-order valence-corrected chi connectivity index (χ3v) is 5.40. The van der Waals surface area contributed by atoms with Crippen LogP contribution in [0.5, 0.6) is 5.75 Å². The monoisotopic (exact) mass is 362 g/mol. The molecular weight excluding hydrogens is 336 g/mol. The van der Waals surface area contributed by atoms with Crippen LogP contribution in [0, 0.1) is 12.8 Å². The normalized spacial score (nSPS) is 21.8. The summed E-state index contributed by atoms with van der Waals surface area (Å²) in [7, 11) is -3.49. The standard InChI is InChI=1S/C16H26N2O3S.ClH/c1-11(2)21-16-6-5-14(9-12(16)3)22(19,20)18-15-7-8-17-10-13(15)4;/h5-6,9,11,13,15,17-18H,7-8,10H2,1-4H3;1H. The number of aryl methyl sites for hydroxylation is 1. The van der Waals surface area contributed by atoms with Crippen molar-refractivity contribution in [1.29, 1.82) is 0 Å². The van der Waals surface area contributed by atoms with Gasteiger partial charge in [0, 0.05) is 6.04 Å². The molecule has 0 amide bonds. The fourth-order valence-corrected chi connectivity index (χ4v) is 4.10. The molecule has 0 spiro atoms. The number of sulfonamides is 1. The van der Waals surface area contributed by atoms with Gasteiger partial charge in [0.15, 0.2) is 0 Å². The van der Waals surface area contributed by atoms with E-state index < -0.39 is 10.0 Å². The number of halogens is 1. The highest BCUT2D eigenvalue weighted by atomic mass is 35.5. The van der Waals surface area contributed by atoms with Gasteiger partial charge in [-0.3, -0.25) is 0 Å². The molecule has 7 heteroatoms. The molecule has 0 radical (unpaired) electrons. The first-order valence-corrected chi connectivity index (χ1v) is 9.28. The molecule has 5 nitrogen and oxygen atoms in total. The fraction of sp³-hybridized carbons (Fsp3) is 0.625. The molecule has 0 saturated carbocycles. The summed E-state index contributed by atoms with van der Waals surface area (Å²) in [6.07, 6.45) is 0.878. The molecule has 1 fully saturated rings. The molecule has 23 heavy (non-hydrogen) atoms. The zero-order valence-electron chi connectivity index (χ0n) is 14.1. The van der Waals surface area contributed by atoms with Crippen LogP contribution < -0.4 is 14.8 Å². The van der Waals surface area contributed by atoms with Gasteiger partial charge in [-0.2, -0.15) is 0 Å². The van der Waals surface area contributed by atoms with Crippen LogP contribution in [-0.2, 0) is 10.0 Å². The lowest BCUT2D eigenvalue weighted by Gasteiger charge is -2.30. The average molecular weight is 363 g/mol. The Morgan fingerprint density at radius 2 is 2.04 bits per heavy atom. The van der Waals surface area contributed by atoms with Gasteiger partial charge in [0.1, 0.15) is 5.75 Å². The first-order chi connectivity index (χ1) is 10.3. The summed E-state index contributed by atoms with van der Waals surface area (Å²) < 4.78 is 33.6. The van der Waals surface area contributed by atoms with E-state index in [4.69, 9.17) is 4.74 Å². The highest BCUT2D eigenvalue weighted by molar-refractivity contribution is 7.89. The Balaban J connectivity index is 0.00000264. The molecule has 0 aromatic heterocycles. The van der Waals surface area contributed by atoms with Gasteiger partial charge in [0.25, 0.3) is 0 Å². The lowest BCUT2D eigenvalue weighted by atomic mass is 9.97. The SMILES string of the molecule is Cc1cc(S(=O)(=O)NC2CCNCC2C)ccc1OC(C)C.Cl. The van der Waals surface area contributed by atoms with Gasteiger partial charge < -0.3 is 10.1 Å². The van der Waals surface area contributed by atoms with Crippen LogP contribution in [-0.4, -0.2) is 33.7 Å². The molecule has 132 valence electrons. The van der Waals surface area contributed by atoms with Crippen molar-refractivity contribution in [3.63, 3.8) is 0 Å². The van der Waals surface area contributed by atoms with Gasteiger partial charge in [-0.15, -0.1) is 12.4 Å². The second kappa shape index (κ2) is 8.33. The highest BCUT2D eigenvalue weighted by Gasteiger charge is 2.26. The number of nitrogens with one attached hydrogen (secondary N) is 2. The van der Waals surface area contributed by atoms with Crippen molar-refractivity contribution in [1.82, 2.24) is 10.0 Å².